The Morgan fingerprint density at radius 2 is 1.89 bits per heavy atom. The molecular weight excluding hydrogens is 228 g/mol. The molecule has 1 aromatic carbocycles. The molecule has 0 fully saturated rings. The Labute approximate surface area is 106 Å². The molecule has 0 N–H and O–H groups in total. The first kappa shape index (κ1) is 12.3. The highest BCUT2D eigenvalue weighted by atomic mass is 16.2. The van der Waals surface area contributed by atoms with E-state index < -0.39 is 0 Å². The molecule has 0 bridgehead atoms. The first-order chi connectivity index (χ1) is 8.50. The normalized spacial score (nSPS) is 10.4. The number of benzene rings is 1. The van der Waals surface area contributed by atoms with Crippen molar-refractivity contribution < 1.29 is 4.79 Å². The fraction of sp³-hybridized carbons (Fsp3) is 0.308. The lowest BCUT2D eigenvalue weighted by Gasteiger charge is -2.22. The number of urea groups is 1. The number of aryl methyl sites for hydroxylation is 1. The Bertz CT molecular complexity index is 595. The summed E-state index contributed by atoms with van der Waals surface area (Å²) in [5, 5.41) is 0.966. The average Bonchev–Trinajstić information content (AvgIpc) is 2.37. The average molecular weight is 244 g/mol. The van der Waals surface area contributed by atoms with E-state index in [0.29, 0.717) is 0 Å². The zero-order chi connectivity index (χ0) is 13.3. The number of aromatic nitrogens is 2. The van der Waals surface area contributed by atoms with Gasteiger partial charge in [0.25, 0.3) is 0 Å². The minimum atomic E-state index is -0.0659. The Kier molecular flexibility index (Phi) is 3.14. The second-order valence-electron chi connectivity index (χ2n) is 4.40. The van der Waals surface area contributed by atoms with Crippen LogP contribution in [0.25, 0.3) is 10.9 Å². The number of fused-ring (bicyclic) bond motifs is 1. The van der Waals surface area contributed by atoms with Gasteiger partial charge in [-0.1, -0.05) is 0 Å². The number of rotatable bonds is 1. The highest BCUT2D eigenvalue weighted by molar-refractivity contribution is 5.94. The number of hydrogen-bond donors (Lipinski definition) is 0. The maximum atomic E-state index is 11.9. The van der Waals surface area contributed by atoms with Gasteiger partial charge in [0.2, 0.25) is 0 Å². The van der Waals surface area contributed by atoms with E-state index in [1.54, 1.807) is 37.3 Å². The van der Waals surface area contributed by atoms with Gasteiger partial charge in [0, 0.05) is 37.9 Å². The van der Waals surface area contributed by atoms with Gasteiger partial charge < -0.3 is 4.90 Å². The second kappa shape index (κ2) is 4.60. The Hall–Kier alpha value is -2.17. The summed E-state index contributed by atoms with van der Waals surface area (Å²) < 4.78 is 0. The molecule has 5 nitrogen and oxygen atoms in total. The summed E-state index contributed by atoms with van der Waals surface area (Å²) in [5.41, 5.74) is 2.63. The summed E-state index contributed by atoms with van der Waals surface area (Å²) in [6, 6.07) is 5.66. The van der Waals surface area contributed by atoms with Crippen molar-refractivity contribution in [2.75, 3.05) is 26.0 Å². The quantitative estimate of drug-likeness (QED) is 0.771. The first-order valence-corrected chi connectivity index (χ1v) is 5.67. The smallest absolute Gasteiger partial charge is 0.323 e. The van der Waals surface area contributed by atoms with Crippen molar-refractivity contribution in [1.29, 1.82) is 0 Å². The SMILES string of the molecule is Cc1ncnc2ccc(N(C)C(=O)N(C)C)cc12. The van der Waals surface area contributed by atoms with Crippen LogP contribution in [-0.4, -0.2) is 42.0 Å². The minimum absolute atomic E-state index is 0.0659. The van der Waals surface area contributed by atoms with Gasteiger partial charge in [0.05, 0.1) is 5.52 Å². The van der Waals surface area contributed by atoms with Crippen LogP contribution in [0.4, 0.5) is 10.5 Å². The van der Waals surface area contributed by atoms with Gasteiger partial charge >= 0.3 is 6.03 Å². The lowest BCUT2D eigenvalue weighted by Crippen LogP contribution is -2.36. The molecule has 0 aliphatic heterocycles. The van der Waals surface area contributed by atoms with Crippen molar-refractivity contribution >= 4 is 22.6 Å². The molecule has 0 spiro atoms. The van der Waals surface area contributed by atoms with E-state index in [0.717, 1.165) is 22.3 Å². The molecule has 18 heavy (non-hydrogen) atoms. The van der Waals surface area contributed by atoms with E-state index >= 15 is 0 Å². The van der Waals surface area contributed by atoms with Crippen molar-refractivity contribution in [3.8, 4) is 0 Å². The zero-order valence-electron chi connectivity index (χ0n) is 11.0. The molecule has 2 aromatic rings. The molecule has 0 aliphatic rings. The monoisotopic (exact) mass is 244 g/mol. The third-order valence-corrected chi connectivity index (χ3v) is 2.87. The number of hydrogen-bond acceptors (Lipinski definition) is 3. The van der Waals surface area contributed by atoms with Crippen LogP contribution < -0.4 is 4.90 Å². The third kappa shape index (κ3) is 2.11. The Morgan fingerprint density at radius 1 is 1.17 bits per heavy atom. The molecule has 94 valence electrons. The van der Waals surface area contributed by atoms with Gasteiger partial charge in [-0.2, -0.15) is 0 Å². The van der Waals surface area contributed by atoms with Crippen LogP contribution in [0.15, 0.2) is 24.5 Å². The number of amides is 2. The first-order valence-electron chi connectivity index (χ1n) is 5.67. The molecule has 2 rings (SSSR count). The lowest BCUT2D eigenvalue weighted by atomic mass is 10.1. The highest BCUT2D eigenvalue weighted by Crippen LogP contribution is 2.22. The minimum Gasteiger partial charge on any atom is -0.330 e. The van der Waals surface area contributed by atoms with E-state index in [9.17, 15) is 4.79 Å². The van der Waals surface area contributed by atoms with Crippen LogP contribution in [0.3, 0.4) is 0 Å². The van der Waals surface area contributed by atoms with Crippen molar-refractivity contribution in [1.82, 2.24) is 14.9 Å². The molecular formula is C13H16N4O. The van der Waals surface area contributed by atoms with E-state index in [2.05, 4.69) is 9.97 Å². The Morgan fingerprint density at radius 3 is 2.56 bits per heavy atom. The number of carbonyl (C=O) groups is 1. The van der Waals surface area contributed by atoms with Gasteiger partial charge in [-0.15, -0.1) is 0 Å². The number of nitrogens with zero attached hydrogens (tertiary/aromatic N) is 4. The van der Waals surface area contributed by atoms with Crippen LogP contribution in [-0.2, 0) is 0 Å². The molecule has 0 saturated heterocycles. The van der Waals surface area contributed by atoms with E-state index in [1.807, 2.05) is 25.1 Å². The summed E-state index contributed by atoms with van der Waals surface area (Å²) in [6.07, 6.45) is 1.55. The second-order valence-corrected chi connectivity index (χ2v) is 4.40. The maximum absolute atomic E-state index is 11.9. The van der Waals surface area contributed by atoms with Crippen LogP contribution in [0, 0.1) is 6.92 Å². The molecule has 0 unspecified atom stereocenters. The maximum Gasteiger partial charge on any atom is 0.323 e. The number of anilines is 1. The van der Waals surface area contributed by atoms with Crippen molar-refractivity contribution in [3.63, 3.8) is 0 Å². The number of carbonyl (C=O) groups excluding carboxylic acids is 1. The predicted octanol–water partition coefficient (Wildman–Crippen LogP) is 2.06. The van der Waals surface area contributed by atoms with Crippen LogP contribution in [0.1, 0.15) is 5.69 Å². The summed E-state index contributed by atoms with van der Waals surface area (Å²) in [4.78, 5) is 23.4. The molecule has 0 saturated carbocycles. The fourth-order valence-electron chi connectivity index (χ4n) is 1.79. The summed E-state index contributed by atoms with van der Waals surface area (Å²) in [5.74, 6) is 0. The third-order valence-electron chi connectivity index (χ3n) is 2.87. The van der Waals surface area contributed by atoms with Gasteiger partial charge in [-0.05, 0) is 25.1 Å². The zero-order valence-corrected chi connectivity index (χ0v) is 11.0. The lowest BCUT2D eigenvalue weighted by molar-refractivity contribution is 0.225. The van der Waals surface area contributed by atoms with Crippen molar-refractivity contribution in [2.24, 2.45) is 0 Å². The standard InChI is InChI=1S/C13H16N4O/c1-9-11-7-10(17(4)13(18)16(2)3)5-6-12(11)15-8-14-9/h5-8H,1-4H3. The molecule has 5 heteroatoms. The van der Waals surface area contributed by atoms with Crippen molar-refractivity contribution in [3.05, 3.63) is 30.2 Å². The molecule has 0 radical (unpaired) electrons. The predicted molar refractivity (Wildman–Crippen MR) is 71.8 cm³/mol. The van der Waals surface area contributed by atoms with Gasteiger partial charge in [0.15, 0.2) is 0 Å². The van der Waals surface area contributed by atoms with Gasteiger partial charge in [-0.25, -0.2) is 14.8 Å². The molecule has 2 amide bonds. The largest absolute Gasteiger partial charge is 0.330 e. The Balaban J connectivity index is 2.47. The van der Waals surface area contributed by atoms with Crippen LogP contribution >= 0.6 is 0 Å². The summed E-state index contributed by atoms with van der Waals surface area (Å²) in [6.45, 7) is 1.93. The molecule has 1 heterocycles. The highest BCUT2D eigenvalue weighted by Gasteiger charge is 2.13. The van der Waals surface area contributed by atoms with Crippen LogP contribution in [0.5, 0.6) is 0 Å². The molecule has 1 aromatic heterocycles. The van der Waals surface area contributed by atoms with E-state index in [1.165, 1.54) is 0 Å². The molecule has 0 aliphatic carbocycles. The fourth-order valence-corrected chi connectivity index (χ4v) is 1.79. The summed E-state index contributed by atoms with van der Waals surface area (Å²) in [7, 11) is 5.21. The van der Waals surface area contributed by atoms with Gasteiger partial charge in [0.1, 0.15) is 6.33 Å². The molecule has 0 atom stereocenters. The summed E-state index contributed by atoms with van der Waals surface area (Å²) >= 11 is 0. The van der Waals surface area contributed by atoms with E-state index in [-0.39, 0.29) is 6.03 Å². The van der Waals surface area contributed by atoms with E-state index in [4.69, 9.17) is 0 Å². The van der Waals surface area contributed by atoms with Gasteiger partial charge in [-0.3, -0.25) is 4.90 Å². The van der Waals surface area contributed by atoms with Crippen LogP contribution in [0.2, 0.25) is 0 Å². The van der Waals surface area contributed by atoms with Crippen molar-refractivity contribution in [2.45, 2.75) is 6.92 Å². The topological polar surface area (TPSA) is 49.3 Å².